The molecule has 78 valence electrons. The normalized spacial score (nSPS) is 40.9. The van der Waals surface area contributed by atoms with Gasteiger partial charge < -0.3 is 10.2 Å². The number of thioether (sulfide) groups is 1. The van der Waals surface area contributed by atoms with Gasteiger partial charge in [-0.25, -0.2) is 0 Å². The number of carbonyl (C=O) groups is 1. The second-order valence-electron chi connectivity index (χ2n) is 4.49. The lowest BCUT2D eigenvalue weighted by Gasteiger charge is -2.29. The zero-order valence-electron chi connectivity index (χ0n) is 8.24. The average molecular weight is 212 g/mol. The van der Waals surface area contributed by atoms with Crippen LogP contribution in [0, 0.1) is 5.92 Å². The number of hydrogen-bond acceptors (Lipinski definition) is 3. The Balaban J connectivity index is 1.58. The van der Waals surface area contributed by atoms with E-state index in [2.05, 4.69) is 5.32 Å². The Labute approximate surface area is 88.6 Å². The van der Waals surface area contributed by atoms with Crippen LogP contribution in [0.5, 0.6) is 0 Å². The average Bonchev–Trinajstić information content (AvgIpc) is 2.86. The second-order valence-corrected chi connectivity index (χ2v) is 5.72. The van der Waals surface area contributed by atoms with Crippen molar-refractivity contribution in [3.63, 3.8) is 0 Å². The van der Waals surface area contributed by atoms with Gasteiger partial charge in [0.05, 0.1) is 6.04 Å². The summed E-state index contributed by atoms with van der Waals surface area (Å²) in [4.78, 5) is 14.1. The molecule has 3 aliphatic rings. The van der Waals surface area contributed by atoms with Crippen LogP contribution in [0.25, 0.3) is 0 Å². The van der Waals surface area contributed by atoms with Crippen LogP contribution >= 0.6 is 11.8 Å². The summed E-state index contributed by atoms with van der Waals surface area (Å²) < 4.78 is 0. The molecule has 1 amide bonds. The van der Waals surface area contributed by atoms with Gasteiger partial charge in [0.25, 0.3) is 0 Å². The predicted molar refractivity (Wildman–Crippen MR) is 57.3 cm³/mol. The van der Waals surface area contributed by atoms with Crippen LogP contribution in [0.3, 0.4) is 0 Å². The molecule has 0 spiro atoms. The van der Waals surface area contributed by atoms with E-state index in [0.29, 0.717) is 11.9 Å². The lowest BCUT2D eigenvalue weighted by Crippen LogP contribution is -2.47. The molecule has 3 nitrogen and oxygen atoms in total. The van der Waals surface area contributed by atoms with Crippen molar-refractivity contribution in [3.05, 3.63) is 0 Å². The standard InChI is InChI=1S/C10H16N2OS/c13-10(12-1-3-14-4-2-12)9-6-7-5-8(7)11-9/h7-9,11H,1-6H2/t7-,8-,9-/m0/s1. The minimum Gasteiger partial charge on any atom is -0.340 e. The van der Waals surface area contributed by atoms with Crippen LogP contribution in [-0.4, -0.2) is 47.5 Å². The number of hydrogen-bond donors (Lipinski definition) is 1. The topological polar surface area (TPSA) is 32.3 Å². The monoisotopic (exact) mass is 212 g/mol. The molecule has 0 aromatic heterocycles. The Kier molecular flexibility index (Phi) is 2.21. The molecule has 0 aromatic carbocycles. The van der Waals surface area contributed by atoms with E-state index in [1.807, 2.05) is 16.7 Å². The van der Waals surface area contributed by atoms with Crippen LogP contribution < -0.4 is 5.32 Å². The van der Waals surface area contributed by atoms with Gasteiger partial charge in [-0.2, -0.15) is 11.8 Å². The Morgan fingerprint density at radius 1 is 1.29 bits per heavy atom. The van der Waals surface area contributed by atoms with E-state index in [1.54, 1.807) is 0 Å². The Hall–Kier alpha value is -0.220. The maximum Gasteiger partial charge on any atom is 0.239 e. The highest BCUT2D eigenvalue weighted by Crippen LogP contribution is 2.41. The number of carbonyl (C=O) groups excluding carboxylic acids is 1. The van der Waals surface area contributed by atoms with Crippen molar-refractivity contribution in [1.82, 2.24) is 10.2 Å². The summed E-state index contributed by atoms with van der Waals surface area (Å²) in [5.41, 5.74) is 0. The molecule has 1 aliphatic carbocycles. The number of nitrogens with one attached hydrogen (secondary N) is 1. The number of piperidine rings is 1. The van der Waals surface area contributed by atoms with Gasteiger partial charge in [-0.05, 0) is 18.8 Å². The van der Waals surface area contributed by atoms with E-state index in [0.717, 1.165) is 36.9 Å². The second kappa shape index (κ2) is 3.42. The van der Waals surface area contributed by atoms with Crippen molar-refractivity contribution in [3.8, 4) is 0 Å². The Morgan fingerprint density at radius 3 is 2.71 bits per heavy atom. The van der Waals surface area contributed by atoms with Gasteiger partial charge >= 0.3 is 0 Å². The summed E-state index contributed by atoms with van der Waals surface area (Å²) >= 11 is 1.95. The predicted octanol–water partition coefficient (Wildman–Crippen LogP) is 0.312. The van der Waals surface area contributed by atoms with Crippen molar-refractivity contribution in [2.75, 3.05) is 24.6 Å². The van der Waals surface area contributed by atoms with Crippen LogP contribution in [0.2, 0.25) is 0 Å². The molecule has 0 unspecified atom stereocenters. The lowest BCUT2D eigenvalue weighted by molar-refractivity contribution is -0.132. The van der Waals surface area contributed by atoms with Crippen molar-refractivity contribution in [2.24, 2.45) is 5.92 Å². The van der Waals surface area contributed by atoms with Crippen LogP contribution in [0.4, 0.5) is 0 Å². The van der Waals surface area contributed by atoms with E-state index < -0.39 is 0 Å². The van der Waals surface area contributed by atoms with Gasteiger partial charge in [0.2, 0.25) is 5.91 Å². The summed E-state index contributed by atoms with van der Waals surface area (Å²) in [6, 6.07) is 0.838. The maximum atomic E-state index is 12.0. The highest BCUT2D eigenvalue weighted by molar-refractivity contribution is 7.99. The first-order valence-electron chi connectivity index (χ1n) is 5.47. The van der Waals surface area contributed by atoms with Gasteiger partial charge in [0, 0.05) is 30.6 Å². The SMILES string of the molecule is O=C([C@@H]1C[C@@H]2C[C@@H]2N1)N1CCSCC1. The first-order valence-corrected chi connectivity index (χ1v) is 6.62. The van der Waals surface area contributed by atoms with Crippen molar-refractivity contribution >= 4 is 17.7 Å². The Bertz CT molecular complexity index is 239. The number of amides is 1. The summed E-state index contributed by atoms with van der Waals surface area (Å²) in [7, 11) is 0. The van der Waals surface area contributed by atoms with Crippen molar-refractivity contribution in [1.29, 1.82) is 0 Å². The molecule has 1 N–H and O–H groups in total. The number of fused-ring (bicyclic) bond motifs is 1. The molecular formula is C10H16N2OS. The molecule has 0 aromatic rings. The number of rotatable bonds is 1. The Morgan fingerprint density at radius 2 is 2.07 bits per heavy atom. The fourth-order valence-electron chi connectivity index (χ4n) is 2.52. The fourth-order valence-corrected chi connectivity index (χ4v) is 3.42. The molecule has 3 rings (SSSR count). The van der Waals surface area contributed by atoms with Gasteiger partial charge in [-0.1, -0.05) is 0 Å². The van der Waals surface area contributed by atoms with Gasteiger partial charge in [0.1, 0.15) is 0 Å². The van der Waals surface area contributed by atoms with E-state index >= 15 is 0 Å². The molecule has 14 heavy (non-hydrogen) atoms. The molecule has 3 fully saturated rings. The summed E-state index contributed by atoms with van der Waals surface area (Å²) in [6.07, 6.45) is 2.40. The van der Waals surface area contributed by atoms with Crippen molar-refractivity contribution in [2.45, 2.75) is 24.9 Å². The smallest absolute Gasteiger partial charge is 0.239 e. The van der Waals surface area contributed by atoms with Crippen LogP contribution in [-0.2, 0) is 4.79 Å². The quantitative estimate of drug-likeness (QED) is 0.679. The molecule has 4 heteroatoms. The third kappa shape index (κ3) is 1.54. The highest BCUT2D eigenvalue weighted by Gasteiger charge is 2.48. The third-order valence-electron chi connectivity index (χ3n) is 3.50. The van der Waals surface area contributed by atoms with Crippen LogP contribution in [0.15, 0.2) is 0 Å². The summed E-state index contributed by atoms with van der Waals surface area (Å²) in [5.74, 6) is 3.41. The van der Waals surface area contributed by atoms with Gasteiger partial charge in [-0.3, -0.25) is 4.79 Å². The summed E-state index contributed by atoms with van der Waals surface area (Å²) in [6.45, 7) is 1.91. The van der Waals surface area contributed by atoms with Crippen LogP contribution in [0.1, 0.15) is 12.8 Å². The minimum atomic E-state index is 0.154. The van der Waals surface area contributed by atoms with Gasteiger partial charge in [-0.15, -0.1) is 0 Å². The fraction of sp³-hybridized carbons (Fsp3) is 0.900. The molecule has 0 bridgehead atoms. The first kappa shape index (κ1) is 9.04. The zero-order chi connectivity index (χ0) is 9.54. The van der Waals surface area contributed by atoms with E-state index in [1.165, 1.54) is 6.42 Å². The molecular weight excluding hydrogens is 196 g/mol. The first-order chi connectivity index (χ1) is 6.84. The van der Waals surface area contributed by atoms with E-state index in [4.69, 9.17) is 0 Å². The van der Waals surface area contributed by atoms with Crippen molar-refractivity contribution < 1.29 is 4.79 Å². The molecule has 2 saturated heterocycles. The highest BCUT2D eigenvalue weighted by atomic mass is 32.2. The lowest BCUT2D eigenvalue weighted by atomic mass is 10.1. The molecule has 3 atom stereocenters. The zero-order valence-corrected chi connectivity index (χ0v) is 9.05. The molecule has 1 saturated carbocycles. The molecule has 0 radical (unpaired) electrons. The van der Waals surface area contributed by atoms with Gasteiger partial charge in [0.15, 0.2) is 0 Å². The minimum absolute atomic E-state index is 0.154. The van der Waals surface area contributed by atoms with E-state index in [9.17, 15) is 4.79 Å². The molecule has 2 aliphatic heterocycles. The van der Waals surface area contributed by atoms with E-state index in [-0.39, 0.29) is 6.04 Å². The maximum absolute atomic E-state index is 12.0. The largest absolute Gasteiger partial charge is 0.340 e. The summed E-state index contributed by atoms with van der Waals surface area (Å²) in [5, 5.41) is 3.43. The third-order valence-corrected chi connectivity index (χ3v) is 4.44. The molecule has 2 heterocycles. The number of nitrogens with zero attached hydrogens (tertiary/aromatic N) is 1.